The molecule has 0 bridgehead atoms. The fourth-order valence-corrected chi connectivity index (χ4v) is 4.85. The molecule has 1 nitrogen and oxygen atoms in total. The highest BCUT2D eigenvalue weighted by atomic mass is 16.1. The van der Waals surface area contributed by atoms with Gasteiger partial charge >= 0.3 is 0 Å². The van der Waals surface area contributed by atoms with Gasteiger partial charge < -0.3 is 0 Å². The van der Waals surface area contributed by atoms with Crippen LogP contribution in [0, 0.1) is 0 Å². The van der Waals surface area contributed by atoms with E-state index in [0.29, 0.717) is 11.8 Å². The summed E-state index contributed by atoms with van der Waals surface area (Å²) in [5.41, 5.74) is 4.45. The van der Waals surface area contributed by atoms with Crippen molar-refractivity contribution in [1.82, 2.24) is 0 Å². The number of ketones is 1. The van der Waals surface area contributed by atoms with Gasteiger partial charge in [0.1, 0.15) is 0 Å². The van der Waals surface area contributed by atoms with Crippen LogP contribution in [0.2, 0.25) is 0 Å². The third-order valence-electron chi connectivity index (χ3n) is 6.50. The first-order chi connectivity index (χ1) is 12.8. The van der Waals surface area contributed by atoms with Crippen LogP contribution in [-0.2, 0) is 0 Å². The Balaban J connectivity index is 1.44. The molecule has 2 saturated carbocycles. The summed E-state index contributed by atoms with van der Waals surface area (Å²) in [4.78, 5) is 12.8. The van der Waals surface area contributed by atoms with E-state index in [1.807, 2.05) is 24.3 Å². The largest absolute Gasteiger partial charge is 0.289 e. The molecule has 0 N–H and O–H groups in total. The standard InChI is InChI=1S/C25H30O/c26-25(23-15-11-21(12-16-23)19-7-3-1-4-8-19)24-17-13-22(14-18-24)20-9-5-2-6-10-20/h11-20H,1-10H2. The molecule has 136 valence electrons. The van der Waals surface area contributed by atoms with Crippen LogP contribution < -0.4 is 0 Å². The summed E-state index contributed by atoms with van der Waals surface area (Å²) in [7, 11) is 0. The Labute approximate surface area is 157 Å². The molecule has 2 aromatic rings. The van der Waals surface area contributed by atoms with Crippen LogP contribution in [0.4, 0.5) is 0 Å². The normalized spacial score (nSPS) is 19.4. The number of carbonyl (C=O) groups excluding carboxylic acids is 1. The van der Waals surface area contributed by atoms with Gasteiger partial charge in [0, 0.05) is 11.1 Å². The quantitative estimate of drug-likeness (QED) is 0.544. The maximum atomic E-state index is 12.8. The van der Waals surface area contributed by atoms with Gasteiger partial charge in [-0.25, -0.2) is 0 Å². The lowest BCUT2D eigenvalue weighted by Crippen LogP contribution is -2.07. The third-order valence-corrected chi connectivity index (χ3v) is 6.50. The van der Waals surface area contributed by atoms with Gasteiger partial charge in [0.15, 0.2) is 5.78 Å². The first kappa shape index (κ1) is 17.5. The van der Waals surface area contributed by atoms with E-state index < -0.39 is 0 Å². The molecule has 0 heterocycles. The highest BCUT2D eigenvalue weighted by Gasteiger charge is 2.18. The maximum Gasteiger partial charge on any atom is 0.193 e. The molecule has 1 heteroatoms. The number of rotatable bonds is 4. The second-order valence-electron chi connectivity index (χ2n) is 8.24. The summed E-state index contributed by atoms with van der Waals surface area (Å²) in [6.07, 6.45) is 13.3. The second kappa shape index (κ2) is 8.20. The third kappa shape index (κ3) is 3.92. The average molecular weight is 347 g/mol. The van der Waals surface area contributed by atoms with Crippen molar-refractivity contribution in [3.63, 3.8) is 0 Å². The van der Waals surface area contributed by atoms with Crippen molar-refractivity contribution in [2.45, 2.75) is 76.0 Å². The lowest BCUT2D eigenvalue weighted by molar-refractivity contribution is 0.103. The van der Waals surface area contributed by atoms with Crippen LogP contribution in [0.3, 0.4) is 0 Å². The van der Waals surface area contributed by atoms with Gasteiger partial charge in [-0.3, -0.25) is 4.79 Å². The van der Waals surface area contributed by atoms with Crippen LogP contribution in [-0.4, -0.2) is 5.78 Å². The summed E-state index contributed by atoms with van der Waals surface area (Å²) in [6, 6.07) is 16.8. The van der Waals surface area contributed by atoms with E-state index in [9.17, 15) is 4.79 Å². The number of hydrogen-bond acceptors (Lipinski definition) is 1. The predicted molar refractivity (Wildman–Crippen MR) is 108 cm³/mol. The molecule has 0 saturated heterocycles. The molecule has 0 radical (unpaired) electrons. The molecule has 2 aliphatic rings. The molecule has 4 rings (SSSR count). The van der Waals surface area contributed by atoms with Gasteiger partial charge in [-0.15, -0.1) is 0 Å². The molecule has 2 aliphatic carbocycles. The molecule has 2 aromatic carbocycles. The van der Waals surface area contributed by atoms with Crippen molar-refractivity contribution < 1.29 is 4.79 Å². The molecule has 2 fully saturated rings. The van der Waals surface area contributed by atoms with E-state index in [1.54, 1.807) is 0 Å². The lowest BCUT2D eigenvalue weighted by atomic mass is 9.83. The molecule has 0 aliphatic heterocycles. The second-order valence-corrected chi connectivity index (χ2v) is 8.24. The van der Waals surface area contributed by atoms with Crippen molar-refractivity contribution in [3.05, 3.63) is 70.8 Å². The Kier molecular flexibility index (Phi) is 5.53. The van der Waals surface area contributed by atoms with Crippen LogP contribution in [0.5, 0.6) is 0 Å². The van der Waals surface area contributed by atoms with Gasteiger partial charge in [-0.1, -0.05) is 87.1 Å². The molecule has 0 aromatic heterocycles. The minimum Gasteiger partial charge on any atom is -0.289 e. The van der Waals surface area contributed by atoms with Crippen molar-refractivity contribution in [3.8, 4) is 0 Å². The Bertz CT molecular complexity index is 650. The van der Waals surface area contributed by atoms with E-state index >= 15 is 0 Å². The Morgan fingerprint density at radius 1 is 0.538 bits per heavy atom. The summed E-state index contributed by atoms with van der Waals surface area (Å²) < 4.78 is 0. The summed E-state index contributed by atoms with van der Waals surface area (Å²) in [5, 5.41) is 0. The maximum absolute atomic E-state index is 12.8. The SMILES string of the molecule is O=C(c1ccc(C2CCCCC2)cc1)c1ccc(C2CCCCC2)cc1. The molecular weight excluding hydrogens is 316 g/mol. The Morgan fingerprint density at radius 2 is 0.885 bits per heavy atom. The van der Waals surface area contributed by atoms with E-state index in [2.05, 4.69) is 24.3 Å². The molecule has 0 unspecified atom stereocenters. The van der Waals surface area contributed by atoms with E-state index in [1.165, 1.54) is 75.3 Å². The predicted octanol–water partition coefficient (Wildman–Crippen LogP) is 7.01. The van der Waals surface area contributed by atoms with Crippen molar-refractivity contribution in [1.29, 1.82) is 0 Å². The van der Waals surface area contributed by atoms with E-state index in [0.717, 1.165) is 11.1 Å². The number of hydrogen-bond donors (Lipinski definition) is 0. The highest BCUT2D eigenvalue weighted by molar-refractivity contribution is 6.09. The molecule has 26 heavy (non-hydrogen) atoms. The Morgan fingerprint density at radius 3 is 1.23 bits per heavy atom. The smallest absolute Gasteiger partial charge is 0.193 e. The minimum atomic E-state index is 0.149. The van der Waals surface area contributed by atoms with Crippen molar-refractivity contribution >= 4 is 5.78 Å². The summed E-state index contributed by atoms with van der Waals surface area (Å²) >= 11 is 0. The topological polar surface area (TPSA) is 17.1 Å². The lowest BCUT2D eigenvalue weighted by Gasteiger charge is -2.22. The average Bonchev–Trinajstić information content (AvgIpc) is 2.75. The van der Waals surface area contributed by atoms with Crippen molar-refractivity contribution in [2.75, 3.05) is 0 Å². The molecule has 0 amide bonds. The van der Waals surface area contributed by atoms with E-state index in [4.69, 9.17) is 0 Å². The van der Waals surface area contributed by atoms with E-state index in [-0.39, 0.29) is 5.78 Å². The number of carbonyl (C=O) groups is 1. The summed E-state index contributed by atoms with van der Waals surface area (Å²) in [6.45, 7) is 0. The van der Waals surface area contributed by atoms with Gasteiger partial charge in [0.2, 0.25) is 0 Å². The number of benzene rings is 2. The van der Waals surface area contributed by atoms with Gasteiger partial charge in [0.25, 0.3) is 0 Å². The van der Waals surface area contributed by atoms with Crippen LogP contribution in [0.15, 0.2) is 48.5 Å². The molecular formula is C25H30O. The molecule has 0 atom stereocenters. The molecule has 0 spiro atoms. The van der Waals surface area contributed by atoms with Crippen LogP contribution in [0.1, 0.15) is 103 Å². The van der Waals surface area contributed by atoms with Gasteiger partial charge in [-0.05, 0) is 48.6 Å². The highest BCUT2D eigenvalue weighted by Crippen LogP contribution is 2.34. The zero-order chi connectivity index (χ0) is 17.8. The minimum absolute atomic E-state index is 0.149. The van der Waals surface area contributed by atoms with Gasteiger partial charge in [-0.2, -0.15) is 0 Å². The van der Waals surface area contributed by atoms with Crippen LogP contribution >= 0.6 is 0 Å². The fourth-order valence-electron chi connectivity index (χ4n) is 4.85. The zero-order valence-electron chi connectivity index (χ0n) is 15.8. The van der Waals surface area contributed by atoms with Gasteiger partial charge in [0.05, 0.1) is 0 Å². The zero-order valence-corrected chi connectivity index (χ0v) is 15.8. The monoisotopic (exact) mass is 346 g/mol. The van der Waals surface area contributed by atoms with Crippen molar-refractivity contribution in [2.24, 2.45) is 0 Å². The first-order valence-electron chi connectivity index (χ1n) is 10.6. The van der Waals surface area contributed by atoms with Crippen LogP contribution in [0.25, 0.3) is 0 Å². The fraction of sp³-hybridized carbons (Fsp3) is 0.480. The Hall–Kier alpha value is -1.89. The first-order valence-corrected chi connectivity index (χ1v) is 10.6. The summed E-state index contributed by atoms with van der Waals surface area (Å²) in [5.74, 6) is 1.54.